The third-order valence-electron chi connectivity index (χ3n) is 1.75. The average Bonchev–Trinajstić information content (AvgIpc) is 2.17. The van der Waals surface area contributed by atoms with Gasteiger partial charge in [0.25, 0.3) is 0 Å². The van der Waals surface area contributed by atoms with Crippen LogP contribution in [-0.4, -0.2) is 22.2 Å². The van der Waals surface area contributed by atoms with Crippen molar-refractivity contribution < 1.29 is 24.5 Å². The number of esters is 1. The van der Waals surface area contributed by atoms with Crippen molar-refractivity contribution in [1.82, 2.24) is 0 Å². The summed E-state index contributed by atoms with van der Waals surface area (Å²) in [5, 5.41) is 18.5. The van der Waals surface area contributed by atoms with Gasteiger partial charge in [-0.05, 0) is 0 Å². The molecule has 0 fully saturated rings. The lowest BCUT2D eigenvalue weighted by Gasteiger charge is -2.22. The number of rotatable bonds is 3. The summed E-state index contributed by atoms with van der Waals surface area (Å²) >= 11 is 0. The van der Waals surface area contributed by atoms with Gasteiger partial charge in [-0.15, -0.1) is 0 Å². The maximum atomic E-state index is 10.8. The highest BCUT2D eigenvalue weighted by atomic mass is 16.7. The Morgan fingerprint density at radius 3 is 2.20 bits per heavy atom. The van der Waals surface area contributed by atoms with Gasteiger partial charge in [0, 0.05) is 12.5 Å². The van der Waals surface area contributed by atoms with Crippen LogP contribution in [0.3, 0.4) is 0 Å². The molecule has 0 aromatic heterocycles. The van der Waals surface area contributed by atoms with Crippen LogP contribution in [0, 0.1) is 0 Å². The maximum absolute atomic E-state index is 10.8. The van der Waals surface area contributed by atoms with Crippen molar-refractivity contribution in [2.45, 2.75) is 12.7 Å². The Morgan fingerprint density at radius 2 is 1.80 bits per heavy atom. The summed E-state index contributed by atoms with van der Waals surface area (Å²) in [6, 6.07) is 7.44. The molecule has 0 amide bonds. The van der Waals surface area contributed by atoms with Gasteiger partial charge in [-0.25, -0.2) is 4.79 Å². The lowest BCUT2D eigenvalue weighted by Crippen LogP contribution is -2.39. The fraction of sp³-hybridized carbons (Fsp3) is 0.200. The van der Waals surface area contributed by atoms with E-state index in [1.807, 2.05) is 0 Å². The van der Waals surface area contributed by atoms with Gasteiger partial charge in [0.1, 0.15) is 0 Å². The third kappa shape index (κ3) is 2.32. The molecule has 1 rings (SSSR count). The zero-order valence-electron chi connectivity index (χ0n) is 8.01. The topological polar surface area (TPSA) is 83.8 Å². The van der Waals surface area contributed by atoms with Gasteiger partial charge >= 0.3 is 17.7 Å². The first kappa shape index (κ1) is 11.2. The van der Waals surface area contributed by atoms with E-state index in [1.54, 1.807) is 6.07 Å². The van der Waals surface area contributed by atoms with Gasteiger partial charge in [-0.3, -0.25) is 4.79 Å². The first-order valence-corrected chi connectivity index (χ1v) is 4.17. The highest BCUT2D eigenvalue weighted by Gasteiger charge is 2.41. The Labute approximate surface area is 85.9 Å². The van der Waals surface area contributed by atoms with E-state index >= 15 is 0 Å². The van der Waals surface area contributed by atoms with Crippen molar-refractivity contribution in [3.8, 4) is 0 Å². The first-order valence-electron chi connectivity index (χ1n) is 4.17. The molecule has 0 radical (unpaired) electrons. The molecule has 0 aliphatic rings. The summed E-state index contributed by atoms with van der Waals surface area (Å²) in [7, 11) is 0. The molecule has 1 atom stereocenters. The van der Waals surface area contributed by atoms with Crippen molar-refractivity contribution in [3.63, 3.8) is 0 Å². The summed E-state index contributed by atoms with van der Waals surface area (Å²) in [5.74, 6) is -5.12. The largest absolute Gasteiger partial charge is 0.476 e. The smallest absolute Gasteiger partial charge is 0.382 e. The van der Waals surface area contributed by atoms with Crippen LogP contribution in [0.15, 0.2) is 30.3 Å². The van der Waals surface area contributed by atoms with Gasteiger partial charge < -0.3 is 14.9 Å². The van der Waals surface area contributed by atoms with E-state index < -0.39 is 17.7 Å². The Hall–Kier alpha value is -1.88. The number of benzene rings is 1. The van der Waals surface area contributed by atoms with Gasteiger partial charge in [-0.1, -0.05) is 30.3 Å². The van der Waals surface area contributed by atoms with E-state index in [1.165, 1.54) is 24.3 Å². The van der Waals surface area contributed by atoms with Crippen LogP contribution in [0.4, 0.5) is 0 Å². The van der Waals surface area contributed by atoms with Crippen LogP contribution in [0.2, 0.25) is 0 Å². The molecule has 0 aliphatic heterocycles. The number of aliphatic carboxylic acids is 1. The summed E-state index contributed by atoms with van der Waals surface area (Å²) in [6.07, 6.45) is 0. The van der Waals surface area contributed by atoms with Crippen molar-refractivity contribution in [1.29, 1.82) is 0 Å². The van der Waals surface area contributed by atoms with Crippen molar-refractivity contribution in [2.75, 3.05) is 0 Å². The SMILES string of the molecule is CC(=O)OC(O)(C(=O)O)c1ccccc1. The monoisotopic (exact) mass is 210 g/mol. The minimum absolute atomic E-state index is 0.00676. The number of aliphatic hydroxyl groups is 1. The second-order valence-electron chi connectivity index (χ2n) is 2.91. The molecule has 1 aromatic carbocycles. The van der Waals surface area contributed by atoms with Crippen LogP contribution in [0.5, 0.6) is 0 Å². The predicted octanol–water partition coefficient (Wildman–Crippen LogP) is 0.479. The number of carbonyl (C=O) groups excluding carboxylic acids is 1. The Balaban J connectivity index is 3.13. The van der Waals surface area contributed by atoms with Crippen LogP contribution in [0.25, 0.3) is 0 Å². The molecule has 0 bridgehead atoms. The molecule has 0 aliphatic carbocycles. The summed E-state index contributed by atoms with van der Waals surface area (Å²) < 4.78 is 4.40. The normalized spacial score (nSPS) is 14.0. The van der Waals surface area contributed by atoms with E-state index in [4.69, 9.17) is 5.11 Å². The second kappa shape index (κ2) is 4.10. The zero-order valence-corrected chi connectivity index (χ0v) is 8.01. The van der Waals surface area contributed by atoms with Gasteiger partial charge in [0.2, 0.25) is 0 Å². The molecule has 1 unspecified atom stereocenters. The summed E-state index contributed by atoms with van der Waals surface area (Å²) in [6.45, 7) is 1.02. The molecule has 15 heavy (non-hydrogen) atoms. The molecule has 0 heterocycles. The van der Waals surface area contributed by atoms with E-state index in [9.17, 15) is 14.7 Å². The molecule has 80 valence electrons. The Kier molecular flexibility index (Phi) is 3.06. The van der Waals surface area contributed by atoms with Crippen LogP contribution >= 0.6 is 0 Å². The summed E-state index contributed by atoms with van der Waals surface area (Å²) in [5.41, 5.74) is -0.00676. The van der Waals surface area contributed by atoms with E-state index in [0.29, 0.717) is 0 Å². The molecular weight excluding hydrogens is 200 g/mol. The minimum Gasteiger partial charge on any atom is -0.476 e. The molecule has 2 N–H and O–H groups in total. The maximum Gasteiger partial charge on any atom is 0.382 e. The van der Waals surface area contributed by atoms with Crippen molar-refractivity contribution in [3.05, 3.63) is 35.9 Å². The fourth-order valence-corrected chi connectivity index (χ4v) is 1.10. The Morgan fingerprint density at radius 1 is 1.27 bits per heavy atom. The van der Waals surface area contributed by atoms with Gasteiger partial charge in [-0.2, -0.15) is 0 Å². The number of hydrogen-bond acceptors (Lipinski definition) is 4. The lowest BCUT2D eigenvalue weighted by molar-refractivity contribution is -0.226. The number of carboxylic acid groups (broad SMARTS) is 1. The third-order valence-corrected chi connectivity index (χ3v) is 1.75. The average molecular weight is 210 g/mol. The van der Waals surface area contributed by atoms with Gasteiger partial charge in [0.15, 0.2) is 0 Å². The van der Waals surface area contributed by atoms with Crippen molar-refractivity contribution in [2.24, 2.45) is 0 Å². The highest BCUT2D eigenvalue weighted by molar-refractivity contribution is 5.81. The number of ether oxygens (including phenoxy) is 1. The molecule has 0 saturated carbocycles. The number of carbonyl (C=O) groups is 2. The molecule has 0 saturated heterocycles. The molecule has 5 nitrogen and oxygen atoms in total. The van der Waals surface area contributed by atoms with Gasteiger partial charge in [0.05, 0.1) is 0 Å². The molecule has 0 spiro atoms. The molecule has 5 heteroatoms. The minimum atomic E-state index is -2.62. The molecular formula is C10H10O5. The highest BCUT2D eigenvalue weighted by Crippen LogP contribution is 2.22. The number of hydrogen-bond donors (Lipinski definition) is 2. The Bertz CT molecular complexity index is 373. The first-order chi connectivity index (χ1) is 6.97. The van der Waals surface area contributed by atoms with E-state index in [0.717, 1.165) is 6.92 Å². The second-order valence-corrected chi connectivity index (χ2v) is 2.91. The fourth-order valence-electron chi connectivity index (χ4n) is 1.10. The van der Waals surface area contributed by atoms with Crippen LogP contribution in [0.1, 0.15) is 12.5 Å². The zero-order chi connectivity index (χ0) is 11.5. The van der Waals surface area contributed by atoms with Crippen molar-refractivity contribution >= 4 is 11.9 Å². The summed E-state index contributed by atoms with van der Waals surface area (Å²) in [4.78, 5) is 21.5. The van der Waals surface area contributed by atoms with E-state index in [-0.39, 0.29) is 5.56 Å². The molecule has 1 aromatic rings. The van der Waals surface area contributed by atoms with E-state index in [2.05, 4.69) is 4.74 Å². The number of carboxylic acids is 1. The predicted molar refractivity (Wildman–Crippen MR) is 49.7 cm³/mol. The standard InChI is InChI=1S/C10H10O5/c1-7(11)15-10(14,9(12)13)8-5-3-2-4-6-8/h2-6,14H,1H3,(H,12,13). The quantitative estimate of drug-likeness (QED) is 0.560. The van der Waals surface area contributed by atoms with Crippen LogP contribution in [-0.2, 0) is 20.1 Å². The van der Waals surface area contributed by atoms with Crippen LogP contribution < -0.4 is 0 Å². The lowest BCUT2D eigenvalue weighted by atomic mass is 10.1.